The molecule has 6 aliphatic rings. The second kappa shape index (κ2) is 39.8. The topological polar surface area (TPSA) is 371 Å². The Hall–Kier alpha value is -12.0. The van der Waals surface area contributed by atoms with E-state index in [2.05, 4.69) is 77.6 Å². The molecule has 552 valence electrons. The molecule has 6 fully saturated rings. The van der Waals surface area contributed by atoms with Gasteiger partial charge in [0, 0.05) is 5.02 Å². The molecule has 6 aromatic carbocycles. The molecule has 7 unspecified atom stereocenters. The minimum absolute atomic E-state index is 0.00678. The highest BCUT2D eigenvalue weighted by Gasteiger charge is 2.38. The molecular weight excluding hydrogens is 1400 g/mol. The van der Waals surface area contributed by atoms with E-state index in [1.165, 1.54) is 29.8 Å². The van der Waals surface area contributed by atoms with Gasteiger partial charge in [0.1, 0.15) is 84.6 Å². The van der Waals surface area contributed by atoms with Crippen molar-refractivity contribution < 1.29 is 147 Å². The van der Waals surface area contributed by atoms with Gasteiger partial charge in [-0.15, -0.1) is 0 Å². The Morgan fingerprint density at radius 1 is 0.385 bits per heavy atom. The molecule has 0 spiro atoms. The van der Waals surface area contributed by atoms with Gasteiger partial charge in [-0.2, -0.15) is 0 Å². The highest BCUT2D eigenvalue weighted by molar-refractivity contribution is 6.30. The SMILES string of the molecule is CC(C)(C)c1ccc(COC(=O)C2COC(=O)O2)cc1.CC(OC(=O)C1COC(=O)O1)c1ccccc1.Cc1ccc(COC(=O)C2COC(=O)O2)cc1.O=C1OCC(C(=O)OCc2ccc(Cl)cc2)O1.O=C1OCC(C(=O)OCc2ccc(F)cc2)O1.O=C1OCC(C(=O)OCc2ccccc2)O1. The van der Waals surface area contributed by atoms with E-state index in [-0.39, 0.29) is 90.0 Å². The van der Waals surface area contributed by atoms with Crippen molar-refractivity contribution in [2.75, 3.05) is 39.6 Å². The van der Waals surface area contributed by atoms with Gasteiger partial charge in [0.25, 0.3) is 0 Å². The molecule has 0 saturated carbocycles. The molecule has 32 heteroatoms. The number of hydrogen-bond acceptors (Lipinski definition) is 30. The van der Waals surface area contributed by atoms with Crippen molar-refractivity contribution in [2.24, 2.45) is 0 Å². The summed E-state index contributed by atoms with van der Waals surface area (Å²) in [5.74, 6) is -4.02. The van der Waals surface area contributed by atoms with Gasteiger partial charge in [0.15, 0.2) is 0 Å². The largest absolute Gasteiger partial charge is 0.509 e. The lowest BCUT2D eigenvalue weighted by Gasteiger charge is -2.19. The third-order valence-corrected chi connectivity index (χ3v) is 14.5. The lowest BCUT2D eigenvalue weighted by molar-refractivity contribution is -0.157. The summed E-state index contributed by atoms with van der Waals surface area (Å²) >= 11 is 5.71. The highest BCUT2D eigenvalue weighted by Crippen LogP contribution is 2.24. The van der Waals surface area contributed by atoms with E-state index < -0.39 is 109 Å². The second-order valence-corrected chi connectivity index (χ2v) is 23.6. The standard InChI is InChI=1S/C15H18O5.2C12H12O5.C11H9ClO5.C11H9FO5.C11H10O5/c1-15(2,3)11-6-4-10(5-7-11)8-18-13(16)12-9-19-14(17)20-12;1-8-2-4-9(5-3-8)6-15-11(13)10-7-16-12(14)17-10;1-8(9-5-3-2-4-6-9)16-11(13)10-7-15-12(14)17-10;2*12-8-3-1-7(2-4-8)5-15-10(13)9-6-16-11(14)17-9;12-10(9-7-15-11(13)16-9)14-6-8-4-2-1-3-5-8/h4-7,12H,8-9H2,1-3H3;2-5,10H,6-7H2,1H3;2-6,8,10H,7H2,1H3;2*1-4,9H,5-6H2;1-5,9H,6-7H2. The second-order valence-electron chi connectivity index (χ2n) is 23.2. The number of carbonyl (C=O) groups is 12. The van der Waals surface area contributed by atoms with Gasteiger partial charge >= 0.3 is 72.7 Å². The number of halogens is 2. The van der Waals surface area contributed by atoms with Crippen LogP contribution in [-0.4, -0.2) is 149 Å². The number of ether oxygens (including phenoxy) is 18. The average Bonchev–Trinajstić information content (AvgIpc) is 1.75. The Morgan fingerprint density at radius 3 is 0.933 bits per heavy atom. The first-order valence-electron chi connectivity index (χ1n) is 31.5. The number of cyclic esters (lactones) is 12. The smallest absolute Gasteiger partial charge is 0.458 e. The molecule has 104 heavy (non-hydrogen) atoms. The van der Waals surface area contributed by atoms with E-state index >= 15 is 0 Å². The summed E-state index contributed by atoms with van der Waals surface area (Å²) in [6.07, 6.45) is -11.2. The summed E-state index contributed by atoms with van der Waals surface area (Å²) < 4.78 is 97.1. The van der Waals surface area contributed by atoms with Crippen LogP contribution in [-0.2, 0) is 152 Å². The van der Waals surface area contributed by atoms with Gasteiger partial charge in [-0.1, -0.05) is 171 Å². The van der Waals surface area contributed by atoms with E-state index in [1.54, 1.807) is 31.2 Å². The zero-order valence-corrected chi connectivity index (χ0v) is 57.1. The van der Waals surface area contributed by atoms with Gasteiger partial charge in [0.05, 0.1) is 0 Å². The third kappa shape index (κ3) is 27.5. The summed E-state index contributed by atoms with van der Waals surface area (Å²) in [5.41, 5.74) is 7.41. The molecule has 0 bridgehead atoms. The lowest BCUT2D eigenvalue weighted by Crippen LogP contribution is -2.26. The summed E-state index contributed by atoms with van der Waals surface area (Å²) in [7, 11) is 0. The molecule has 12 rings (SSSR count). The normalized spacial score (nSPS) is 18.8. The molecule has 0 amide bonds. The maximum absolute atomic E-state index is 12.6. The zero-order valence-electron chi connectivity index (χ0n) is 56.3. The van der Waals surface area contributed by atoms with E-state index in [0.29, 0.717) is 10.6 Å². The van der Waals surface area contributed by atoms with Gasteiger partial charge in [-0.05, 0) is 82.5 Å². The Morgan fingerprint density at radius 2 is 0.644 bits per heavy atom. The maximum atomic E-state index is 12.6. The first kappa shape index (κ1) is 79.3. The van der Waals surface area contributed by atoms with Crippen LogP contribution in [0.3, 0.4) is 0 Å². The van der Waals surface area contributed by atoms with Crippen molar-refractivity contribution in [1.29, 1.82) is 0 Å². The molecule has 6 aliphatic heterocycles. The van der Waals surface area contributed by atoms with Gasteiger partial charge in [0.2, 0.25) is 36.6 Å². The predicted molar refractivity (Wildman–Crippen MR) is 348 cm³/mol. The van der Waals surface area contributed by atoms with Crippen LogP contribution in [0.1, 0.15) is 78.3 Å². The number of benzene rings is 6. The van der Waals surface area contributed by atoms with Crippen molar-refractivity contribution in [3.8, 4) is 0 Å². The number of rotatable bonds is 18. The van der Waals surface area contributed by atoms with E-state index in [0.717, 1.165) is 33.4 Å². The molecule has 7 atom stereocenters. The third-order valence-electron chi connectivity index (χ3n) is 14.2. The lowest BCUT2D eigenvalue weighted by atomic mass is 9.87. The van der Waals surface area contributed by atoms with E-state index in [4.69, 9.17) is 40.0 Å². The molecule has 0 radical (unpaired) electrons. The minimum atomic E-state index is -1.01. The van der Waals surface area contributed by atoms with E-state index in [1.807, 2.05) is 116 Å². The Kier molecular flexibility index (Phi) is 30.4. The Bertz CT molecular complexity index is 3690. The van der Waals surface area contributed by atoms with Crippen LogP contribution in [0.15, 0.2) is 158 Å². The van der Waals surface area contributed by atoms with Crippen molar-refractivity contribution in [1.82, 2.24) is 0 Å². The average molecular weight is 1470 g/mol. The first-order valence-corrected chi connectivity index (χ1v) is 31.9. The highest BCUT2D eigenvalue weighted by atomic mass is 35.5. The van der Waals surface area contributed by atoms with Crippen LogP contribution in [0.4, 0.5) is 33.2 Å². The molecular formula is C72H70ClFO30. The molecule has 6 aromatic rings. The summed E-state index contributed by atoms with van der Waals surface area (Å²) in [6, 6.07) is 46.5. The van der Waals surface area contributed by atoms with Crippen LogP contribution in [0, 0.1) is 12.7 Å². The fraction of sp³-hybridized carbons (Fsp3) is 0.333. The molecule has 6 saturated heterocycles. The number of hydrogen-bond donors (Lipinski definition) is 0. The first-order chi connectivity index (χ1) is 49.7. The quantitative estimate of drug-likeness (QED) is 0.0570. The minimum Gasteiger partial charge on any atom is -0.458 e. The van der Waals surface area contributed by atoms with Crippen molar-refractivity contribution in [3.05, 3.63) is 213 Å². The molecule has 6 heterocycles. The maximum Gasteiger partial charge on any atom is 0.509 e. The van der Waals surface area contributed by atoms with Gasteiger partial charge < -0.3 is 85.3 Å². The monoisotopic (exact) mass is 1470 g/mol. The van der Waals surface area contributed by atoms with E-state index in [9.17, 15) is 61.9 Å². The number of aryl methyl sites for hydroxylation is 1. The molecule has 0 N–H and O–H groups in total. The molecule has 30 nitrogen and oxygen atoms in total. The fourth-order valence-corrected chi connectivity index (χ4v) is 8.59. The Labute approximate surface area is 597 Å². The van der Waals surface area contributed by atoms with Crippen molar-refractivity contribution in [2.45, 2.75) is 116 Å². The van der Waals surface area contributed by atoms with Gasteiger partial charge in [-0.3, -0.25) is 0 Å². The van der Waals surface area contributed by atoms with Crippen LogP contribution in [0.25, 0.3) is 0 Å². The predicted octanol–water partition coefficient (Wildman–Crippen LogP) is 10.6. The zero-order chi connectivity index (χ0) is 75.1. The summed E-state index contributed by atoms with van der Waals surface area (Å²) in [5, 5.41) is 0.609. The number of esters is 6. The van der Waals surface area contributed by atoms with Crippen molar-refractivity contribution in [3.63, 3.8) is 0 Å². The van der Waals surface area contributed by atoms with Crippen molar-refractivity contribution >= 4 is 84.3 Å². The molecule has 0 aliphatic carbocycles. The Balaban J connectivity index is 0.000000175. The summed E-state index contributed by atoms with van der Waals surface area (Å²) in [4.78, 5) is 133. The summed E-state index contributed by atoms with van der Waals surface area (Å²) in [6.45, 7) is 10.1. The van der Waals surface area contributed by atoms with Gasteiger partial charge in [-0.25, -0.2) is 61.9 Å². The van der Waals surface area contributed by atoms with Crippen LogP contribution in [0.5, 0.6) is 0 Å². The van der Waals surface area contributed by atoms with Crippen LogP contribution < -0.4 is 0 Å². The number of carbonyl (C=O) groups excluding carboxylic acids is 12. The fourth-order valence-electron chi connectivity index (χ4n) is 8.46. The molecule has 0 aromatic heterocycles. The van der Waals surface area contributed by atoms with Crippen LogP contribution in [0.2, 0.25) is 5.02 Å². The van der Waals surface area contributed by atoms with Crippen LogP contribution >= 0.6 is 11.6 Å².